The zero-order valence-corrected chi connectivity index (χ0v) is 10.7. The summed E-state index contributed by atoms with van der Waals surface area (Å²) in [6.45, 7) is 2.03. The number of aromatic nitrogens is 5. The average Bonchev–Trinajstić information content (AvgIpc) is 2.95. The van der Waals surface area contributed by atoms with E-state index < -0.39 is 5.97 Å². The first kappa shape index (κ1) is 12.2. The summed E-state index contributed by atoms with van der Waals surface area (Å²) in [6.07, 6.45) is 0. The van der Waals surface area contributed by atoms with Crippen molar-refractivity contribution >= 4 is 11.7 Å². The minimum Gasteiger partial charge on any atom is -0.461 e. The molecule has 0 fully saturated rings. The Labute approximate surface area is 114 Å². The molecule has 2 aromatic heterocycles. The van der Waals surface area contributed by atoms with Gasteiger partial charge in [-0.2, -0.15) is 4.52 Å². The van der Waals surface area contributed by atoms with Crippen molar-refractivity contribution in [3.8, 4) is 11.3 Å². The van der Waals surface area contributed by atoms with Crippen molar-refractivity contribution in [2.45, 2.75) is 6.92 Å². The van der Waals surface area contributed by atoms with Crippen molar-refractivity contribution in [3.63, 3.8) is 0 Å². The summed E-state index contributed by atoms with van der Waals surface area (Å²) in [7, 11) is 0. The molecular weight excluding hydrogens is 258 g/mol. The molecule has 7 heteroatoms. The van der Waals surface area contributed by atoms with Gasteiger partial charge in [-0.05, 0) is 23.4 Å². The van der Waals surface area contributed by atoms with Crippen LogP contribution in [0.3, 0.4) is 0 Å². The fourth-order valence-electron chi connectivity index (χ4n) is 1.86. The summed E-state index contributed by atoms with van der Waals surface area (Å²) < 4.78 is 6.45. The normalized spacial score (nSPS) is 10.7. The van der Waals surface area contributed by atoms with Crippen LogP contribution < -0.4 is 0 Å². The first-order chi connectivity index (χ1) is 9.79. The number of benzene rings is 1. The van der Waals surface area contributed by atoms with Crippen molar-refractivity contribution in [3.05, 3.63) is 42.1 Å². The van der Waals surface area contributed by atoms with E-state index in [0.717, 1.165) is 5.56 Å². The molecule has 0 bridgehead atoms. The third-order valence-corrected chi connectivity index (χ3v) is 2.73. The van der Waals surface area contributed by atoms with Crippen LogP contribution in [0.5, 0.6) is 0 Å². The zero-order chi connectivity index (χ0) is 13.9. The van der Waals surface area contributed by atoms with Gasteiger partial charge in [-0.3, -0.25) is 0 Å². The lowest BCUT2D eigenvalue weighted by atomic mass is 10.1. The Bertz CT molecular complexity index is 754. The molecule has 0 aliphatic heterocycles. The van der Waals surface area contributed by atoms with Gasteiger partial charge in [0.15, 0.2) is 5.69 Å². The molecule has 0 atom stereocenters. The van der Waals surface area contributed by atoms with Crippen LogP contribution in [-0.2, 0) is 4.74 Å². The van der Waals surface area contributed by atoms with Gasteiger partial charge in [-0.15, -0.1) is 0 Å². The van der Waals surface area contributed by atoms with Crippen LogP contribution >= 0.6 is 0 Å². The molecule has 0 spiro atoms. The van der Waals surface area contributed by atoms with Gasteiger partial charge >= 0.3 is 5.97 Å². The van der Waals surface area contributed by atoms with Crippen molar-refractivity contribution < 1.29 is 9.53 Å². The first-order valence-electron chi connectivity index (χ1n) is 6.11. The van der Waals surface area contributed by atoms with E-state index in [0.29, 0.717) is 5.69 Å². The maximum Gasteiger partial charge on any atom is 0.357 e. The summed E-state index contributed by atoms with van der Waals surface area (Å²) >= 11 is 0. The smallest absolute Gasteiger partial charge is 0.357 e. The van der Waals surface area contributed by atoms with E-state index in [9.17, 15) is 4.79 Å². The van der Waals surface area contributed by atoms with Gasteiger partial charge in [0.25, 0.3) is 5.78 Å². The number of tetrazole rings is 1. The second-order valence-corrected chi connectivity index (χ2v) is 4.00. The molecule has 100 valence electrons. The molecule has 0 saturated carbocycles. The molecule has 0 aliphatic rings. The Morgan fingerprint density at radius 1 is 1.30 bits per heavy atom. The lowest BCUT2D eigenvalue weighted by molar-refractivity contribution is 0.0519. The van der Waals surface area contributed by atoms with Crippen LogP contribution in [0, 0.1) is 0 Å². The molecule has 2 heterocycles. The standard InChI is InChI=1S/C13H11N5O2/c1-2-20-12(19)10-8-11(9-6-4-3-5-7-9)18-13(14-10)15-16-17-18/h3-8H,2H2,1H3. The summed E-state index contributed by atoms with van der Waals surface area (Å²) in [4.78, 5) is 15.9. The van der Waals surface area contributed by atoms with Gasteiger partial charge in [-0.25, -0.2) is 9.78 Å². The fraction of sp³-hybridized carbons (Fsp3) is 0.154. The minimum atomic E-state index is -0.491. The number of rotatable bonds is 3. The van der Waals surface area contributed by atoms with Crippen LogP contribution in [0.4, 0.5) is 0 Å². The fourth-order valence-corrected chi connectivity index (χ4v) is 1.86. The van der Waals surface area contributed by atoms with Gasteiger partial charge in [0.05, 0.1) is 12.3 Å². The lowest BCUT2D eigenvalue weighted by Gasteiger charge is -2.06. The highest BCUT2D eigenvalue weighted by Gasteiger charge is 2.15. The zero-order valence-electron chi connectivity index (χ0n) is 10.7. The van der Waals surface area contributed by atoms with E-state index in [4.69, 9.17) is 4.74 Å². The van der Waals surface area contributed by atoms with Gasteiger partial charge < -0.3 is 4.74 Å². The SMILES string of the molecule is CCOC(=O)c1cc(-c2ccccc2)n2nnnc2n1. The van der Waals surface area contributed by atoms with Crippen LogP contribution in [-0.4, -0.2) is 37.6 Å². The molecule has 0 N–H and O–H groups in total. The van der Waals surface area contributed by atoms with Crippen LogP contribution in [0.15, 0.2) is 36.4 Å². The van der Waals surface area contributed by atoms with Crippen molar-refractivity contribution in [2.24, 2.45) is 0 Å². The molecule has 0 aliphatic carbocycles. The van der Waals surface area contributed by atoms with E-state index in [1.807, 2.05) is 30.3 Å². The molecule has 0 saturated heterocycles. The van der Waals surface area contributed by atoms with Crippen molar-refractivity contribution in [1.29, 1.82) is 0 Å². The maximum atomic E-state index is 11.8. The number of nitrogens with zero attached hydrogens (tertiary/aromatic N) is 5. The monoisotopic (exact) mass is 269 g/mol. The maximum absolute atomic E-state index is 11.8. The number of carbonyl (C=O) groups excluding carboxylic acids is 1. The van der Waals surface area contributed by atoms with Crippen LogP contribution in [0.25, 0.3) is 17.0 Å². The van der Waals surface area contributed by atoms with Gasteiger partial charge in [0.1, 0.15) is 0 Å². The Hall–Kier alpha value is -2.83. The third-order valence-electron chi connectivity index (χ3n) is 2.73. The predicted molar refractivity (Wildman–Crippen MR) is 70.0 cm³/mol. The number of hydrogen-bond donors (Lipinski definition) is 0. The predicted octanol–water partition coefficient (Wildman–Crippen LogP) is 1.36. The van der Waals surface area contributed by atoms with Crippen molar-refractivity contribution in [2.75, 3.05) is 6.61 Å². The first-order valence-corrected chi connectivity index (χ1v) is 6.11. The molecule has 0 amide bonds. The van der Waals surface area contributed by atoms with Gasteiger partial charge in [0, 0.05) is 5.56 Å². The van der Waals surface area contributed by atoms with Crippen molar-refractivity contribution in [1.82, 2.24) is 25.0 Å². The third kappa shape index (κ3) is 2.09. The number of fused-ring (bicyclic) bond motifs is 1. The van der Waals surface area contributed by atoms with E-state index in [2.05, 4.69) is 20.5 Å². The summed E-state index contributed by atoms with van der Waals surface area (Å²) in [5.41, 5.74) is 1.76. The van der Waals surface area contributed by atoms with E-state index >= 15 is 0 Å². The number of ether oxygens (including phenoxy) is 1. The Morgan fingerprint density at radius 2 is 2.10 bits per heavy atom. The molecular formula is C13H11N5O2. The highest BCUT2D eigenvalue weighted by molar-refractivity contribution is 5.89. The summed E-state index contributed by atoms with van der Waals surface area (Å²) in [5.74, 6) is -0.232. The van der Waals surface area contributed by atoms with Gasteiger partial charge in [-0.1, -0.05) is 35.4 Å². The molecule has 20 heavy (non-hydrogen) atoms. The van der Waals surface area contributed by atoms with E-state index in [-0.39, 0.29) is 18.1 Å². The summed E-state index contributed by atoms with van der Waals surface area (Å²) in [5, 5.41) is 11.3. The number of hydrogen-bond acceptors (Lipinski definition) is 6. The lowest BCUT2D eigenvalue weighted by Crippen LogP contribution is -2.10. The molecule has 1 aromatic carbocycles. The molecule has 7 nitrogen and oxygen atoms in total. The molecule has 0 unspecified atom stereocenters. The topological polar surface area (TPSA) is 82.3 Å². The van der Waals surface area contributed by atoms with Gasteiger partial charge in [0.2, 0.25) is 0 Å². The minimum absolute atomic E-state index is 0.188. The van der Waals surface area contributed by atoms with E-state index in [1.54, 1.807) is 13.0 Å². The molecule has 3 aromatic rings. The highest BCUT2D eigenvalue weighted by Crippen LogP contribution is 2.19. The average molecular weight is 269 g/mol. The number of esters is 1. The highest BCUT2D eigenvalue weighted by atomic mass is 16.5. The van der Waals surface area contributed by atoms with E-state index in [1.165, 1.54) is 4.52 Å². The largest absolute Gasteiger partial charge is 0.461 e. The van der Waals surface area contributed by atoms with Crippen LogP contribution in [0.2, 0.25) is 0 Å². The molecule has 0 radical (unpaired) electrons. The number of carbonyl (C=O) groups is 1. The Morgan fingerprint density at radius 3 is 2.85 bits per heavy atom. The molecule has 3 rings (SSSR count). The van der Waals surface area contributed by atoms with Crippen LogP contribution in [0.1, 0.15) is 17.4 Å². The second-order valence-electron chi connectivity index (χ2n) is 4.00. The quantitative estimate of drug-likeness (QED) is 0.668. The summed E-state index contributed by atoms with van der Waals surface area (Å²) in [6, 6.07) is 11.1. The Balaban J connectivity index is 2.19. The second kappa shape index (κ2) is 5.04. The Kier molecular flexibility index (Phi) is 3.08.